The van der Waals surface area contributed by atoms with E-state index in [1.165, 1.54) is 0 Å². The molecule has 0 aliphatic carbocycles. The summed E-state index contributed by atoms with van der Waals surface area (Å²) >= 11 is 0. The van der Waals surface area contributed by atoms with Crippen molar-refractivity contribution in [1.82, 2.24) is 0 Å². The van der Waals surface area contributed by atoms with Crippen LogP contribution in [0.4, 0.5) is 0 Å². The van der Waals surface area contributed by atoms with Crippen molar-refractivity contribution in [3.8, 4) is 0 Å². The normalized spacial score (nSPS) is 12.8. The second kappa shape index (κ2) is 10.4. The Kier molecular flexibility index (Phi) is 7.87. The van der Waals surface area contributed by atoms with Crippen LogP contribution in [0.25, 0.3) is 0 Å². The number of unbranched alkanes of at least 4 members (excludes halogenated alkanes) is 2. The molecule has 2 unspecified atom stereocenters. The fourth-order valence-corrected chi connectivity index (χ4v) is 2.58. The van der Waals surface area contributed by atoms with Gasteiger partial charge in [0.2, 0.25) is 6.10 Å². The predicted octanol–water partition coefficient (Wildman–Crippen LogP) is 4.81. The predicted molar refractivity (Wildman–Crippen MR) is 101 cm³/mol. The maximum absolute atomic E-state index is 12.6. The highest BCUT2D eigenvalue weighted by atomic mass is 16.6. The van der Waals surface area contributed by atoms with E-state index < -0.39 is 24.0 Å². The molecule has 0 saturated carbocycles. The molecular formula is C22H26O4. The molecule has 0 N–H and O–H groups in total. The number of benzene rings is 2. The van der Waals surface area contributed by atoms with Crippen molar-refractivity contribution in [3.63, 3.8) is 0 Å². The number of esters is 2. The lowest BCUT2D eigenvalue weighted by atomic mass is 10.0. The van der Waals surface area contributed by atoms with Crippen LogP contribution < -0.4 is 0 Å². The number of ether oxygens (including phenoxy) is 2. The molecule has 2 aromatic rings. The van der Waals surface area contributed by atoms with E-state index in [1.54, 1.807) is 31.2 Å². The third kappa shape index (κ3) is 5.73. The van der Waals surface area contributed by atoms with Gasteiger partial charge in [-0.3, -0.25) is 4.79 Å². The topological polar surface area (TPSA) is 52.6 Å². The summed E-state index contributed by atoms with van der Waals surface area (Å²) < 4.78 is 10.9. The molecule has 0 aliphatic heterocycles. The van der Waals surface area contributed by atoms with Gasteiger partial charge >= 0.3 is 11.9 Å². The summed E-state index contributed by atoms with van der Waals surface area (Å²) in [5.74, 6) is -1.44. The molecule has 26 heavy (non-hydrogen) atoms. The average Bonchev–Trinajstić information content (AvgIpc) is 2.69. The summed E-state index contributed by atoms with van der Waals surface area (Å²) in [5.41, 5.74) is 1.46. The second-order valence-corrected chi connectivity index (χ2v) is 6.23. The van der Waals surface area contributed by atoms with Gasteiger partial charge in [-0.1, -0.05) is 80.4 Å². The highest BCUT2D eigenvalue weighted by Crippen LogP contribution is 2.24. The molecule has 2 atom stereocenters. The highest BCUT2D eigenvalue weighted by Gasteiger charge is 2.29. The van der Waals surface area contributed by atoms with Crippen LogP contribution in [0.5, 0.6) is 0 Å². The smallest absolute Gasteiger partial charge is 0.352 e. The molecule has 2 aromatic carbocycles. The van der Waals surface area contributed by atoms with Crippen molar-refractivity contribution in [1.29, 1.82) is 0 Å². The van der Waals surface area contributed by atoms with Crippen LogP contribution in [-0.2, 0) is 19.1 Å². The maximum atomic E-state index is 12.6. The Morgan fingerprint density at radius 2 is 1.42 bits per heavy atom. The summed E-state index contributed by atoms with van der Waals surface area (Å²) in [7, 11) is 0. The van der Waals surface area contributed by atoms with Gasteiger partial charge in [-0.05, 0) is 18.9 Å². The lowest BCUT2D eigenvalue weighted by Crippen LogP contribution is -2.24. The molecule has 0 aromatic heterocycles. The standard InChI is InChI=1S/C22H26O4/c1-3-4-11-16-25-22(24)20(19-14-9-6-10-15-19)26-21(23)17(2)18-12-7-5-8-13-18/h5-10,12-15,17,20H,3-4,11,16H2,1-2H3. The molecule has 0 bridgehead atoms. The van der Waals surface area contributed by atoms with Crippen molar-refractivity contribution in [2.45, 2.75) is 45.1 Å². The summed E-state index contributed by atoms with van der Waals surface area (Å²) in [4.78, 5) is 25.1. The van der Waals surface area contributed by atoms with E-state index >= 15 is 0 Å². The van der Waals surface area contributed by atoms with Gasteiger partial charge in [0.05, 0.1) is 12.5 Å². The van der Waals surface area contributed by atoms with E-state index in [1.807, 2.05) is 36.4 Å². The van der Waals surface area contributed by atoms with E-state index in [4.69, 9.17) is 9.47 Å². The van der Waals surface area contributed by atoms with Crippen LogP contribution in [0.1, 0.15) is 56.3 Å². The van der Waals surface area contributed by atoms with Gasteiger partial charge in [0.15, 0.2) is 0 Å². The van der Waals surface area contributed by atoms with E-state index in [9.17, 15) is 9.59 Å². The largest absolute Gasteiger partial charge is 0.463 e. The van der Waals surface area contributed by atoms with Gasteiger partial charge in [-0.15, -0.1) is 0 Å². The SMILES string of the molecule is CCCCCOC(=O)C(OC(=O)C(C)c1ccccc1)c1ccccc1. The molecule has 138 valence electrons. The van der Waals surface area contributed by atoms with Crippen LogP contribution >= 0.6 is 0 Å². The molecular weight excluding hydrogens is 328 g/mol. The van der Waals surface area contributed by atoms with Crippen LogP contribution in [0, 0.1) is 0 Å². The fourth-order valence-electron chi connectivity index (χ4n) is 2.58. The van der Waals surface area contributed by atoms with E-state index in [0.29, 0.717) is 12.2 Å². The van der Waals surface area contributed by atoms with Crippen LogP contribution in [0.15, 0.2) is 60.7 Å². The maximum Gasteiger partial charge on any atom is 0.352 e. The number of carbonyl (C=O) groups is 2. The first kappa shape index (κ1) is 19.7. The first-order valence-electron chi connectivity index (χ1n) is 9.10. The Hall–Kier alpha value is -2.62. The zero-order valence-electron chi connectivity index (χ0n) is 15.4. The summed E-state index contributed by atoms with van der Waals surface area (Å²) in [6.45, 7) is 4.19. The van der Waals surface area contributed by atoms with Crippen molar-refractivity contribution in [2.75, 3.05) is 6.61 Å². The van der Waals surface area contributed by atoms with E-state index in [0.717, 1.165) is 24.8 Å². The van der Waals surface area contributed by atoms with Gasteiger partial charge in [-0.25, -0.2) is 4.79 Å². The van der Waals surface area contributed by atoms with Crippen LogP contribution in [-0.4, -0.2) is 18.5 Å². The van der Waals surface area contributed by atoms with Gasteiger partial charge in [-0.2, -0.15) is 0 Å². The Labute approximate surface area is 155 Å². The van der Waals surface area contributed by atoms with Crippen LogP contribution in [0.2, 0.25) is 0 Å². The molecule has 0 spiro atoms. The summed E-state index contributed by atoms with van der Waals surface area (Å²) in [6.07, 6.45) is 1.80. The lowest BCUT2D eigenvalue weighted by molar-refractivity contribution is -0.169. The molecule has 0 amide bonds. The van der Waals surface area contributed by atoms with Crippen molar-refractivity contribution in [2.24, 2.45) is 0 Å². The van der Waals surface area contributed by atoms with Gasteiger partial charge in [0.1, 0.15) is 0 Å². The number of hydrogen-bond donors (Lipinski definition) is 0. The first-order valence-corrected chi connectivity index (χ1v) is 9.10. The Bertz CT molecular complexity index is 682. The van der Waals surface area contributed by atoms with Gasteiger partial charge < -0.3 is 9.47 Å². The number of carbonyl (C=O) groups excluding carboxylic acids is 2. The quantitative estimate of drug-likeness (QED) is 0.479. The average molecular weight is 354 g/mol. The molecule has 0 fully saturated rings. The van der Waals surface area contributed by atoms with Crippen molar-refractivity contribution in [3.05, 3.63) is 71.8 Å². The molecule has 0 saturated heterocycles. The molecule has 2 rings (SSSR count). The lowest BCUT2D eigenvalue weighted by Gasteiger charge is -2.20. The third-order valence-electron chi connectivity index (χ3n) is 4.20. The minimum Gasteiger partial charge on any atom is -0.463 e. The zero-order chi connectivity index (χ0) is 18.8. The van der Waals surface area contributed by atoms with E-state index in [2.05, 4.69) is 6.92 Å². The molecule has 0 radical (unpaired) electrons. The molecule has 0 heterocycles. The monoisotopic (exact) mass is 354 g/mol. The number of hydrogen-bond acceptors (Lipinski definition) is 4. The minimum absolute atomic E-state index is 0.335. The summed E-state index contributed by atoms with van der Waals surface area (Å²) in [6, 6.07) is 18.4. The van der Waals surface area contributed by atoms with Crippen molar-refractivity contribution < 1.29 is 19.1 Å². The molecule has 0 aliphatic rings. The minimum atomic E-state index is -1.04. The second-order valence-electron chi connectivity index (χ2n) is 6.23. The zero-order valence-corrected chi connectivity index (χ0v) is 15.4. The highest BCUT2D eigenvalue weighted by molar-refractivity contribution is 5.83. The van der Waals surface area contributed by atoms with Gasteiger partial charge in [0, 0.05) is 5.56 Å². The first-order chi connectivity index (χ1) is 12.6. The van der Waals surface area contributed by atoms with E-state index in [-0.39, 0.29) is 0 Å². The Balaban J connectivity index is 2.08. The Morgan fingerprint density at radius 1 is 0.846 bits per heavy atom. The molecule has 4 nitrogen and oxygen atoms in total. The number of rotatable bonds is 9. The third-order valence-corrected chi connectivity index (χ3v) is 4.20. The van der Waals surface area contributed by atoms with Crippen molar-refractivity contribution >= 4 is 11.9 Å². The van der Waals surface area contributed by atoms with Crippen LogP contribution in [0.3, 0.4) is 0 Å². The fraction of sp³-hybridized carbons (Fsp3) is 0.364. The summed E-state index contributed by atoms with van der Waals surface area (Å²) in [5, 5.41) is 0. The van der Waals surface area contributed by atoms with Gasteiger partial charge in [0.25, 0.3) is 0 Å². The molecule has 4 heteroatoms. The Morgan fingerprint density at radius 3 is 2.00 bits per heavy atom.